The van der Waals surface area contributed by atoms with Crippen molar-refractivity contribution in [3.63, 3.8) is 0 Å². The minimum atomic E-state index is -0.943. The first kappa shape index (κ1) is 12.6. The van der Waals surface area contributed by atoms with Crippen LogP contribution in [0.3, 0.4) is 0 Å². The van der Waals surface area contributed by atoms with Crippen molar-refractivity contribution >= 4 is 0 Å². The Balaban J connectivity index is 2.49. The molecule has 0 aliphatic carbocycles. The van der Waals surface area contributed by atoms with Gasteiger partial charge in [-0.2, -0.15) is 0 Å². The summed E-state index contributed by atoms with van der Waals surface area (Å²) in [6.45, 7) is 0. The van der Waals surface area contributed by atoms with Gasteiger partial charge >= 0.3 is 0 Å². The normalized spacial score (nSPS) is 12.4. The molecule has 0 saturated heterocycles. The second kappa shape index (κ2) is 5.18. The Morgan fingerprint density at radius 3 is 2.61 bits per heavy atom. The van der Waals surface area contributed by atoms with Crippen LogP contribution < -0.4 is 5.32 Å². The lowest BCUT2D eigenvalue weighted by Gasteiger charge is -2.17. The van der Waals surface area contributed by atoms with Crippen molar-refractivity contribution in [3.8, 4) is 0 Å². The minimum Gasteiger partial charge on any atom is -0.309 e. The first-order chi connectivity index (χ1) is 8.63. The number of pyridine rings is 1. The van der Waals surface area contributed by atoms with Gasteiger partial charge in [-0.3, -0.25) is 4.98 Å². The second-order valence-corrected chi connectivity index (χ2v) is 3.80. The Labute approximate surface area is 102 Å². The summed E-state index contributed by atoms with van der Waals surface area (Å²) in [5.74, 6) is -2.40. The summed E-state index contributed by atoms with van der Waals surface area (Å²) in [5.41, 5.74) is 0.548. The van der Waals surface area contributed by atoms with Crippen molar-refractivity contribution in [1.29, 1.82) is 0 Å². The molecule has 1 aromatic heterocycles. The number of hydrogen-bond donors (Lipinski definition) is 1. The molecule has 0 bridgehead atoms. The number of halogens is 3. The number of aromatic nitrogens is 1. The third-order valence-electron chi connectivity index (χ3n) is 2.64. The zero-order valence-corrected chi connectivity index (χ0v) is 9.62. The van der Waals surface area contributed by atoms with Crippen LogP contribution in [0.4, 0.5) is 13.2 Å². The van der Waals surface area contributed by atoms with Crippen LogP contribution in [0, 0.1) is 17.5 Å². The lowest BCUT2D eigenvalue weighted by Crippen LogP contribution is -2.19. The SMILES string of the molecule is CNC(c1cncc(F)c1)c1cccc(F)c1F. The van der Waals surface area contributed by atoms with E-state index in [-0.39, 0.29) is 5.56 Å². The van der Waals surface area contributed by atoms with E-state index in [1.54, 1.807) is 7.05 Å². The Kier molecular flexibility index (Phi) is 3.62. The van der Waals surface area contributed by atoms with Gasteiger partial charge in [0.05, 0.1) is 12.2 Å². The van der Waals surface area contributed by atoms with E-state index in [9.17, 15) is 13.2 Å². The fourth-order valence-electron chi connectivity index (χ4n) is 1.83. The van der Waals surface area contributed by atoms with Crippen molar-refractivity contribution in [2.45, 2.75) is 6.04 Å². The van der Waals surface area contributed by atoms with Gasteiger partial charge in [0.25, 0.3) is 0 Å². The van der Waals surface area contributed by atoms with Crippen LogP contribution in [0.15, 0.2) is 36.7 Å². The average molecular weight is 252 g/mol. The molecular weight excluding hydrogens is 241 g/mol. The third kappa shape index (κ3) is 2.36. The molecule has 0 aliphatic heterocycles. The highest BCUT2D eigenvalue weighted by Crippen LogP contribution is 2.25. The zero-order valence-electron chi connectivity index (χ0n) is 9.62. The molecule has 2 rings (SSSR count). The lowest BCUT2D eigenvalue weighted by molar-refractivity contribution is 0.486. The molecule has 1 unspecified atom stereocenters. The van der Waals surface area contributed by atoms with Gasteiger partial charge < -0.3 is 5.32 Å². The molecule has 94 valence electrons. The molecule has 0 fully saturated rings. The number of benzene rings is 1. The van der Waals surface area contributed by atoms with E-state index in [4.69, 9.17) is 0 Å². The lowest BCUT2D eigenvalue weighted by atomic mass is 9.99. The molecule has 0 saturated carbocycles. The maximum atomic E-state index is 13.7. The zero-order chi connectivity index (χ0) is 13.1. The monoisotopic (exact) mass is 252 g/mol. The first-order valence-corrected chi connectivity index (χ1v) is 5.35. The summed E-state index contributed by atoms with van der Waals surface area (Å²) in [6.07, 6.45) is 2.47. The second-order valence-electron chi connectivity index (χ2n) is 3.80. The largest absolute Gasteiger partial charge is 0.309 e. The van der Waals surface area contributed by atoms with E-state index in [1.165, 1.54) is 24.4 Å². The highest BCUT2D eigenvalue weighted by atomic mass is 19.2. The van der Waals surface area contributed by atoms with Crippen molar-refractivity contribution in [3.05, 3.63) is 65.2 Å². The Morgan fingerprint density at radius 1 is 1.17 bits per heavy atom. The van der Waals surface area contributed by atoms with E-state index in [1.807, 2.05) is 0 Å². The highest BCUT2D eigenvalue weighted by Gasteiger charge is 2.19. The molecule has 5 heteroatoms. The molecule has 1 atom stereocenters. The van der Waals surface area contributed by atoms with Gasteiger partial charge in [0.2, 0.25) is 0 Å². The summed E-state index contributed by atoms with van der Waals surface area (Å²) >= 11 is 0. The molecule has 0 amide bonds. The molecule has 1 N–H and O–H groups in total. The molecule has 2 nitrogen and oxygen atoms in total. The number of nitrogens with zero attached hydrogens (tertiary/aromatic N) is 1. The summed E-state index contributed by atoms with van der Waals surface area (Å²) in [7, 11) is 1.58. The summed E-state index contributed by atoms with van der Waals surface area (Å²) < 4.78 is 40.0. The van der Waals surface area contributed by atoms with Gasteiger partial charge in [-0.25, -0.2) is 13.2 Å². The first-order valence-electron chi connectivity index (χ1n) is 5.35. The fraction of sp³-hybridized carbons (Fsp3) is 0.154. The molecule has 1 heterocycles. The summed E-state index contributed by atoms with van der Waals surface area (Å²) in [5, 5.41) is 2.82. The van der Waals surface area contributed by atoms with Crippen molar-refractivity contribution in [2.24, 2.45) is 0 Å². The summed E-state index contributed by atoms with van der Waals surface area (Å²) in [6, 6.07) is 4.48. The van der Waals surface area contributed by atoms with Crippen molar-refractivity contribution in [1.82, 2.24) is 10.3 Å². The molecule has 0 aliphatic rings. The van der Waals surface area contributed by atoms with Crippen LogP contribution in [0.1, 0.15) is 17.2 Å². The third-order valence-corrected chi connectivity index (χ3v) is 2.64. The van der Waals surface area contributed by atoms with Gasteiger partial charge in [0.1, 0.15) is 5.82 Å². The molecular formula is C13H11F3N2. The standard InChI is InChI=1S/C13H11F3N2/c1-17-13(8-5-9(14)7-18-6-8)10-3-2-4-11(15)12(10)16/h2-7,13,17H,1H3. The molecule has 0 spiro atoms. The van der Waals surface area contributed by atoms with Gasteiger partial charge in [0.15, 0.2) is 11.6 Å². The van der Waals surface area contributed by atoms with Crippen molar-refractivity contribution in [2.75, 3.05) is 7.05 Å². The van der Waals surface area contributed by atoms with Crippen LogP contribution >= 0.6 is 0 Å². The van der Waals surface area contributed by atoms with Gasteiger partial charge in [0, 0.05) is 11.8 Å². The maximum Gasteiger partial charge on any atom is 0.163 e. The maximum absolute atomic E-state index is 13.7. The van der Waals surface area contributed by atoms with Gasteiger partial charge in [-0.05, 0) is 24.7 Å². The fourth-order valence-corrected chi connectivity index (χ4v) is 1.83. The smallest absolute Gasteiger partial charge is 0.163 e. The number of nitrogens with one attached hydrogen (secondary N) is 1. The van der Waals surface area contributed by atoms with Crippen molar-refractivity contribution < 1.29 is 13.2 Å². The topological polar surface area (TPSA) is 24.9 Å². The van der Waals surface area contributed by atoms with Gasteiger partial charge in [-0.1, -0.05) is 12.1 Å². The van der Waals surface area contributed by atoms with Crippen LogP contribution in [-0.2, 0) is 0 Å². The Bertz CT molecular complexity index is 558. The van der Waals surface area contributed by atoms with E-state index < -0.39 is 23.5 Å². The van der Waals surface area contributed by atoms with Gasteiger partial charge in [-0.15, -0.1) is 0 Å². The quantitative estimate of drug-likeness (QED) is 0.908. The van der Waals surface area contributed by atoms with Crippen LogP contribution in [0.2, 0.25) is 0 Å². The van der Waals surface area contributed by atoms with E-state index in [0.29, 0.717) is 5.56 Å². The number of hydrogen-bond acceptors (Lipinski definition) is 2. The summed E-state index contributed by atoms with van der Waals surface area (Å²) in [4.78, 5) is 3.70. The van der Waals surface area contributed by atoms with Crippen LogP contribution in [0.25, 0.3) is 0 Å². The molecule has 18 heavy (non-hydrogen) atoms. The Hall–Kier alpha value is -1.88. The predicted molar refractivity (Wildman–Crippen MR) is 61.5 cm³/mol. The van der Waals surface area contributed by atoms with Crippen LogP contribution in [0.5, 0.6) is 0 Å². The predicted octanol–water partition coefficient (Wildman–Crippen LogP) is 2.81. The minimum absolute atomic E-state index is 0.116. The molecule has 1 aromatic carbocycles. The Morgan fingerprint density at radius 2 is 1.94 bits per heavy atom. The molecule has 0 radical (unpaired) electrons. The number of rotatable bonds is 3. The average Bonchev–Trinajstić information content (AvgIpc) is 2.35. The van der Waals surface area contributed by atoms with Crippen LogP contribution in [-0.4, -0.2) is 12.0 Å². The molecule has 2 aromatic rings. The van der Waals surface area contributed by atoms with E-state index in [2.05, 4.69) is 10.3 Å². The van der Waals surface area contributed by atoms with E-state index >= 15 is 0 Å². The van der Waals surface area contributed by atoms with E-state index in [0.717, 1.165) is 12.3 Å². The highest BCUT2D eigenvalue weighted by molar-refractivity contribution is 5.31.